The van der Waals surface area contributed by atoms with Crippen molar-refractivity contribution in [3.8, 4) is 0 Å². The Morgan fingerprint density at radius 3 is 2.60 bits per heavy atom. The highest BCUT2D eigenvalue weighted by molar-refractivity contribution is 7.99. The van der Waals surface area contributed by atoms with Crippen LogP contribution in [0.1, 0.15) is 30.4 Å². The second-order valence-corrected chi connectivity index (χ2v) is 7.98. The van der Waals surface area contributed by atoms with Crippen LogP contribution in [0.4, 0.5) is 0 Å². The highest BCUT2D eigenvalue weighted by atomic mass is 32.2. The number of benzene rings is 1. The quantitative estimate of drug-likeness (QED) is 0.863. The molecule has 0 radical (unpaired) electrons. The summed E-state index contributed by atoms with van der Waals surface area (Å²) in [7, 11) is 0. The summed E-state index contributed by atoms with van der Waals surface area (Å²) in [5.74, 6) is 3.04. The molecule has 1 spiro atoms. The topological polar surface area (TPSA) is 35.2 Å². The molecule has 1 aromatic rings. The summed E-state index contributed by atoms with van der Waals surface area (Å²) >= 11 is 2.04. The van der Waals surface area contributed by atoms with Crippen molar-refractivity contribution in [2.45, 2.75) is 43.2 Å². The van der Waals surface area contributed by atoms with Gasteiger partial charge in [0.1, 0.15) is 0 Å². The molecule has 0 bridgehead atoms. The van der Waals surface area contributed by atoms with E-state index in [1.54, 1.807) is 0 Å². The van der Waals surface area contributed by atoms with Gasteiger partial charge in [0.15, 0.2) is 0 Å². The van der Waals surface area contributed by atoms with Crippen LogP contribution >= 0.6 is 11.8 Å². The fourth-order valence-corrected chi connectivity index (χ4v) is 5.72. The van der Waals surface area contributed by atoms with Gasteiger partial charge >= 0.3 is 0 Å². The number of thioether (sulfide) groups is 1. The maximum atomic E-state index is 6.87. The van der Waals surface area contributed by atoms with Crippen molar-refractivity contribution in [1.82, 2.24) is 0 Å². The molecular weight excluding hydrogens is 266 g/mol. The van der Waals surface area contributed by atoms with Crippen molar-refractivity contribution >= 4 is 11.8 Å². The molecule has 0 amide bonds. The van der Waals surface area contributed by atoms with E-state index >= 15 is 0 Å². The maximum Gasteiger partial charge on any atom is 0.0783 e. The molecule has 3 aliphatic rings. The Bertz CT molecular complexity index is 484. The Morgan fingerprint density at radius 1 is 1.20 bits per heavy atom. The van der Waals surface area contributed by atoms with Gasteiger partial charge in [-0.05, 0) is 54.9 Å². The van der Waals surface area contributed by atoms with Gasteiger partial charge in [-0.3, -0.25) is 0 Å². The second-order valence-electron chi connectivity index (χ2n) is 6.88. The van der Waals surface area contributed by atoms with E-state index in [-0.39, 0.29) is 11.1 Å². The molecule has 0 aromatic heterocycles. The average molecular weight is 289 g/mol. The Hall–Kier alpha value is -0.510. The van der Waals surface area contributed by atoms with Crippen LogP contribution in [0.5, 0.6) is 0 Å². The molecule has 108 valence electrons. The van der Waals surface area contributed by atoms with Gasteiger partial charge in [0.05, 0.1) is 5.60 Å². The molecular formula is C17H23NOS. The Labute approximate surface area is 125 Å². The molecule has 1 aliphatic carbocycles. The Balaban J connectivity index is 1.56. The summed E-state index contributed by atoms with van der Waals surface area (Å²) in [5.41, 5.74) is 9.92. The van der Waals surface area contributed by atoms with E-state index in [1.807, 2.05) is 11.8 Å². The molecule has 4 rings (SSSR count). The van der Waals surface area contributed by atoms with Gasteiger partial charge in [0.25, 0.3) is 0 Å². The molecule has 2 atom stereocenters. The van der Waals surface area contributed by atoms with Crippen molar-refractivity contribution in [3.05, 3.63) is 35.4 Å². The zero-order valence-electron chi connectivity index (χ0n) is 11.9. The van der Waals surface area contributed by atoms with Gasteiger partial charge < -0.3 is 10.5 Å². The highest BCUT2D eigenvalue weighted by Gasteiger charge is 2.48. The summed E-state index contributed by atoms with van der Waals surface area (Å²) in [6, 6.07) is 8.79. The van der Waals surface area contributed by atoms with E-state index in [0.717, 1.165) is 25.9 Å². The SMILES string of the molecule is NC1(C2CCOC3(CCSC3)C2)Cc2ccccc2C1. The fourth-order valence-electron chi connectivity index (χ4n) is 4.34. The van der Waals surface area contributed by atoms with Crippen molar-refractivity contribution in [2.24, 2.45) is 11.7 Å². The van der Waals surface area contributed by atoms with Crippen LogP contribution in [-0.4, -0.2) is 29.3 Å². The number of rotatable bonds is 1. The average Bonchev–Trinajstić information content (AvgIpc) is 3.03. The molecule has 2 saturated heterocycles. The first kappa shape index (κ1) is 13.2. The summed E-state index contributed by atoms with van der Waals surface area (Å²) in [6.45, 7) is 0.903. The molecule has 0 saturated carbocycles. The summed E-state index contributed by atoms with van der Waals surface area (Å²) < 4.78 is 6.16. The Kier molecular flexibility index (Phi) is 3.13. The van der Waals surface area contributed by atoms with E-state index in [0.29, 0.717) is 5.92 Å². The van der Waals surface area contributed by atoms with Crippen molar-refractivity contribution in [1.29, 1.82) is 0 Å². The predicted octanol–water partition coefficient (Wildman–Crippen LogP) is 2.79. The minimum atomic E-state index is -0.0340. The second kappa shape index (κ2) is 4.75. The van der Waals surface area contributed by atoms with Crippen molar-refractivity contribution < 1.29 is 4.74 Å². The number of nitrogens with two attached hydrogens (primary N) is 1. The Morgan fingerprint density at radius 2 is 1.95 bits per heavy atom. The third-order valence-electron chi connectivity index (χ3n) is 5.53. The van der Waals surface area contributed by atoms with Crippen LogP contribution in [0, 0.1) is 5.92 Å². The third-order valence-corrected chi connectivity index (χ3v) is 6.75. The first-order valence-corrected chi connectivity index (χ1v) is 8.92. The molecule has 2 unspecified atom stereocenters. The van der Waals surface area contributed by atoms with Gasteiger partial charge in [-0.1, -0.05) is 24.3 Å². The molecule has 2 N–H and O–H groups in total. The van der Waals surface area contributed by atoms with Gasteiger partial charge in [0.2, 0.25) is 0 Å². The molecule has 1 aromatic carbocycles. The third kappa shape index (κ3) is 2.11. The zero-order valence-corrected chi connectivity index (χ0v) is 12.8. The van der Waals surface area contributed by atoms with Gasteiger partial charge in [-0.25, -0.2) is 0 Å². The van der Waals surface area contributed by atoms with E-state index in [9.17, 15) is 0 Å². The maximum absolute atomic E-state index is 6.87. The summed E-state index contributed by atoms with van der Waals surface area (Å²) in [6.07, 6.45) is 5.63. The monoisotopic (exact) mass is 289 g/mol. The van der Waals surface area contributed by atoms with Crippen LogP contribution < -0.4 is 5.73 Å². The van der Waals surface area contributed by atoms with E-state index < -0.39 is 0 Å². The summed E-state index contributed by atoms with van der Waals surface area (Å²) in [4.78, 5) is 0. The largest absolute Gasteiger partial charge is 0.374 e. The normalized spacial score (nSPS) is 35.4. The number of hydrogen-bond acceptors (Lipinski definition) is 3. The standard InChI is InChI=1S/C17H23NOS/c18-17(9-13-3-1-2-4-14(13)10-17)15-5-7-19-16(11-15)6-8-20-12-16/h1-4,15H,5-12,18H2. The molecule has 2 fully saturated rings. The van der Waals surface area contributed by atoms with Crippen LogP contribution in [0.2, 0.25) is 0 Å². The first-order chi connectivity index (χ1) is 9.69. The van der Waals surface area contributed by atoms with E-state index in [1.165, 1.54) is 35.5 Å². The molecule has 2 aliphatic heterocycles. The summed E-state index contributed by atoms with van der Waals surface area (Å²) in [5, 5.41) is 0. The van der Waals surface area contributed by atoms with Crippen molar-refractivity contribution in [2.75, 3.05) is 18.1 Å². The smallest absolute Gasteiger partial charge is 0.0783 e. The number of ether oxygens (including phenoxy) is 1. The van der Waals surface area contributed by atoms with Gasteiger partial charge in [-0.15, -0.1) is 0 Å². The molecule has 20 heavy (non-hydrogen) atoms. The van der Waals surface area contributed by atoms with Crippen LogP contribution in [0.25, 0.3) is 0 Å². The lowest BCUT2D eigenvalue weighted by molar-refractivity contribution is -0.0917. The minimum Gasteiger partial charge on any atom is -0.374 e. The minimum absolute atomic E-state index is 0.0340. The molecule has 3 heteroatoms. The number of hydrogen-bond donors (Lipinski definition) is 1. The van der Waals surface area contributed by atoms with Crippen LogP contribution in [0.3, 0.4) is 0 Å². The fraction of sp³-hybridized carbons (Fsp3) is 0.647. The van der Waals surface area contributed by atoms with Gasteiger partial charge in [0, 0.05) is 17.9 Å². The molecule has 2 heterocycles. The van der Waals surface area contributed by atoms with Crippen LogP contribution in [0.15, 0.2) is 24.3 Å². The zero-order chi connectivity index (χ0) is 13.6. The van der Waals surface area contributed by atoms with Crippen LogP contribution in [-0.2, 0) is 17.6 Å². The highest BCUT2D eigenvalue weighted by Crippen LogP contribution is 2.46. The lowest BCUT2D eigenvalue weighted by Gasteiger charge is -2.44. The molecule has 2 nitrogen and oxygen atoms in total. The van der Waals surface area contributed by atoms with Crippen molar-refractivity contribution in [3.63, 3.8) is 0 Å². The first-order valence-electron chi connectivity index (χ1n) is 7.77. The van der Waals surface area contributed by atoms with E-state index in [4.69, 9.17) is 10.5 Å². The predicted molar refractivity (Wildman–Crippen MR) is 84.1 cm³/mol. The van der Waals surface area contributed by atoms with Gasteiger partial charge in [-0.2, -0.15) is 11.8 Å². The lowest BCUT2D eigenvalue weighted by atomic mass is 9.72. The lowest BCUT2D eigenvalue weighted by Crippen LogP contribution is -2.54. The number of fused-ring (bicyclic) bond motifs is 1. The van der Waals surface area contributed by atoms with E-state index in [2.05, 4.69) is 24.3 Å².